The van der Waals surface area contributed by atoms with Gasteiger partial charge in [-0.3, -0.25) is 0 Å². The molecule has 0 amide bonds. The second kappa shape index (κ2) is 4.69. The van der Waals surface area contributed by atoms with Crippen molar-refractivity contribution in [1.29, 1.82) is 0 Å². The molecule has 0 aliphatic rings. The molecule has 0 saturated heterocycles. The van der Waals surface area contributed by atoms with E-state index in [0.717, 1.165) is 17.4 Å². The van der Waals surface area contributed by atoms with Gasteiger partial charge in [0.2, 0.25) is 0 Å². The second-order valence-corrected chi connectivity index (χ2v) is 2.99. The Hall–Kier alpha value is -1.26. The first kappa shape index (κ1) is 9.83. The quantitative estimate of drug-likeness (QED) is 0.494. The van der Waals surface area contributed by atoms with Gasteiger partial charge in [0.25, 0.3) is 0 Å². The van der Waals surface area contributed by atoms with E-state index >= 15 is 0 Å². The van der Waals surface area contributed by atoms with Crippen molar-refractivity contribution in [3.63, 3.8) is 0 Å². The maximum atomic E-state index is 10.0. The molecule has 0 fully saturated rings. The van der Waals surface area contributed by atoms with Crippen LogP contribution in [0, 0.1) is 18.8 Å². The van der Waals surface area contributed by atoms with Crippen LogP contribution in [0.5, 0.6) is 0 Å². The summed E-state index contributed by atoms with van der Waals surface area (Å²) < 4.78 is 0. The summed E-state index contributed by atoms with van der Waals surface area (Å²) in [5, 5.41) is 0.667. The van der Waals surface area contributed by atoms with Crippen molar-refractivity contribution in [2.24, 2.45) is 0 Å². The van der Waals surface area contributed by atoms with Crippen LogP contribution in [-0.2, 0) is 4.79 Å². The van der Waals surface area contributed by atoms with Gasteiger partial charge in [-0.15, -0.1) is 0 Å². The van der Waals surface area contributed by atoms with Crippen LogP contribution < -0.4 is 0 Å². The maximum Gasteiger partial charge on any atom is 0.131 e. The summed E-state index contributed by atoms with van der Waals surface area (Å²) in [5.41, 5.74) is 1.78. The minimum atomic E-state index is 0.254. The second-order valence-electron chi connectivity index (χ2n) is 2.61. The van der Waals surface area contributed by atoms with Crippen LogP contribution in [0.3, 0.4) is 0 Å². The monoisotopic (exact) mass is 192 g/mol. The van der Waals surface area contributed by atoms with Crippen LogP contribution in [0.1, 0.15) is 17.5 Å². The lowest BCUT2D eigenvalue weighted by atomic mass is 10.1. The smallest absolute Gasteiger partial charge is 0.131 e. The molecule has 0 N–H and O–H groups in total. The van der Waals surface area contributed by atoms with E-state index in [0.29, 0.717) is 5.02 Å². The zero-order chi connectivity index (χ0) is 9.68. The maximum absolute atomic E-state index is 10.0. The molecule has 0 atom stereocenters. The molecule has 13 heavy (non-hydrogen) atoms. The summed E-state index contributed by atoms with van der Waals surface area (Å²) in [5.74, 6) is 5.56. The molecule has 0 aromatic heterocycles. The third kappa shape index (κ3) is 2.61. The van der Waals surface area contributed by atoms with E-state index in [9.17, 15) is 4.79 Å². The minimum Gasteiger partial charge on any atom is -0.302 e. The average molecular weight is 193 g/mol. The van der Waals surface area contributed by atoms with Crippen molar-refractivity contribution in [1.82, 2.24) is 0 Å². The Morgan fingerprint density at radius 3 is 3.00 bits per heavy atom. The largest absolute Gasteiger partial charge is 0.302 e. The van der Waals surface area contributed by atoms with Crippen molar-refractivity contribution in [2.45, 2.75) is 13.3 Å². The first-order chi connectivity index (χ1) is 6.25. The molecule has 0 aliphatic carbocycles. The van der Waals surface area contributed by atoms with Crippen molar-refractivity contribution in [2.75, 3.05) is 0 Å². The summed E-state index contributed by atoms with van der Waals surface area (Å²) in [6.07, 6.45) is 1.03. The molecule has 0 heterocycles. The van der Waals surface area contributed by atoms with E-state index in [1.807, 2.05) is 25.1 Å². The van der Waals surface area contributed by atoms with E-state index < -0.39 is 0 Å². The fourth-order valence-corrected chi connectivity index (χ4v) is 1.11. The molecule has 2 heteroatoms. The molecule has 0 radical (unpaired) electrons. The summed E-state index contributed by atoms with van der Waals surface area (Å²) >= 11 is 5.98. The third-order valence-electron chi connectivity index (χ3n) is 1.60. The third-order valence-corrected chi connectivity index (χ3v) is 2.10. The van der Waals surface area contributed by atoms with Crippen LogP contribution in [-0.4, -0.2) is 6.29 Å². The first-order valence-corrected chi connectivity index (χ1v) is 4.31. The number of hydrogen-bond acceptors (Lipinski definition) is 1. The van der Waals surface area contributed by atoms with Crippen LogP contribution in [0.15, 0.2) is 18.2 Å². The van der Waals surface area contributed by atoms with Crippen molar-refractivity contribution in [3.8, 4) is 11.8 Å². The number of benzene rings is 1. The lowest BCUT2D eigenvalue weighted by molar-refractivity contribution is -0.107. The Kier molecular flexibility index (Phi) is 3.54. The van der Waals surface area contributed by atoms with E-state index in [4.69, 9.17) is 11.6 Å². The molecule has 0 saturated carbocycles. The summed E-state index contributed by atoms with van der Waals surface area (Å²) in [4.78, 5) is 10.0. The van der Waals surface area contributed by atoms with E-state index in [1.54, 1.807) is 0 Å². The number of halogens is 1. The van der Waals surface area contributed by atoms with Crippen LogP contribution in [0.4, 0.5) is 0 Å². The van der Waals surface area contributed by atoms with Gasteiger partial charge in [0, 0.05) is 5.56 Å². The fourth-order valence-electron chi connectivity index (χ4n) is 0.932. The number of carbonyl (C=O) groups excluding carboxylic acids is 1. The molecule has 0 bridgehead atoms. The highest BCUT2D eigenvalue weighted by atomic mass is 35.5. The highest BCUT2D eigenvalue weighted by molar-refractivity contribution is 6.32. The van der Waals surface area contributed by atoms with Gasteiger partial charge in [-0.25, -0.2) is 0 Å². The predicted octanol–water partition coefficient (Wildman–Crippen LogP) is 2.59. The average Bonchev–Trinajstić information content (AvgIpc) is 2.13. The molecular weight excluding hydrogens is 184 g/mol. The van der Waals surface area contributed by atoms with Crippen LogP contribution >= 0.6 is 11.6 Å². The molecule has 1 aromatic carbocycles. The summed E-state index contributed by atoms with van der Waals surface area (Å²) in [6, 6.07) is 5.66. The van der Waals surface area contributed by atoms with Crippen LogP contribution in [0.25, 0.3) is 0 Å². The Morgan fingerprint density at radius 1 is 1.54 bits per heavy atom. The molecule has 0 spiro atoms. The van der Waals surface area contributed by atoms with Gasteiger partial charge in [-0.1, -0.05) is 35.6 Å². The number of hydrogen-bond donors (Lipinski definition) is 0. The Balaban J connectivity index is 2.97. The highest BCUT2D eigenvalue weighted by Crippen LogP contribution is 2.18. The lowest BCUT2D eigenvalue weighted by Crippen LogP contribution is -1.81. The van der Waals surface area contributed by atoms with Gasteiger partial charge in [0.05, 0.1) is 11.4 Å². The van der Waals surface area contributed by atoms with Gasteiger partial charge in [0.15, 0.2) is 0 Å². The van der Waals surface area contributed by atoms with Gasteiger partial charge >= 0.3 is 0 Å². The molecule has 1 rings (SSSR count). The number of aryl methyl sites for hydroxylation is 1. The molecule has 66 valence electrons. The summed E-state index contributed by atoms with van der Waals surface area (Å²) in [7, 11) is 0. The van der Waals surface area contributed by atoms with Gasteiger partial charge in [0.1, 0.15) is 6.29 Å². The van der Waals surface area contributed by atoms with E-state index in [1.165, 1.54) is 0 Å². The molecule has 0 unspecified atom stereocenters. The van der Waals surface area contributed by atoms with Gasteiger partial charge in [-0.2, -0.15) is 0 Å². The first-order valence-electron chi connectivity index (χ1n) is 3.93. The fraction of sp³-hybridized carbons (Fsp3) is 0.182. The van der Waals surface area contributed by atoms with Gasteiger partial charge < -0.3 is 4.79 Å². The zero-order valence-electron chi connectivity index (χ0n) is 7.30. The SMILES string of the molecule is Cc1cccc(C#CCC=O)c1Cl. The topological polar surface area (TPSA) is 17.1 Å². The van der Waals surface area contributed by atoms with Crippen LogP contribution in [0.2, 0.25) is 5.02 Å². The summed E-state index contributed by atoms with van der Waals surface area (Å²) in [6.45, 7) is 1.92. The number of rotatable bonds is 1. The van der Waals surface area contributed by atoms with Gasteiger partial charge in [-0.05, 0) is 18.6 Å². The predicted molar refractivity (Wildman–Crippen MR) is 53.7 cm³/mol. The number of carbonyl (C=O) groups is 1. The normalized spacial score (nSPS) is 8.77. The van der Waals surface area contributed by atoms with Crippen molar-refractivity contribution >= 4 is 17.9 Å². The van der Waals surface area contributed by atoms with Crippen molar-refractivity contribution < 1.29 is 4.79 Å². The van der Waals surface area contributed by atoms with E-state index in [2.05, 4.69) is 11.8 Å². The Labute approximate surface area is 82.7 Å². The highest BCUT2D eigenvalue weighted by Gasteiger charge is 1.97. The minimum absolute atomic E-state index is 0.254. The lowest BCUT2D eigenvalue weighted by Gasteiger charge is -1.98. The van der Waals surface area contributed by atoms with Crippen molar-refractivity contribution in [3.05, 3.63) is 34.3 Å². The molecule has 0 aliphatic heterocycles. The Bertz CT molecular complexity index is 371. The van der Waals surface area contributed by atoms with E-state index in [-0.39, 0.29) is 6.42 Å². The zero-order valence-corrected chi connectivity index (χ0v) is 8.06. The number of aldehydes is 1. The Morgan fingerprint density at radius 2 is 2.31 bits per heavy atom. The molecule has 1 nitrogen and oxygen atoms in total. The molecular formula is C11H9ClO. The molecule has 1 aromatic rings. The standard InChI is InChI=1S/C11H9ClO/c1-9-5-4-7-10(11(9)12)6-2-3-8-13/h4-5,7-8H,3H2,1H3.